The second-order valence-electron chi connectivity index (χ2n) is 8.41. The van der Waals surface area contributed by atoms with Crippen molar-refractivity contribution in [3.63, 3.8) is 0 Å². The van der Waals surface area contributed by atoms with Gasteiger partial charge in [-0.3, -0.25) is 4.79 Å². The molecule has 0 unspecified atom stereocenters. The molecule has 1 N–H and O–H groups in total. The fourth-order valence-corrected chi connectivity index (χ4v) is 4.59. The Morgan fingerprint density at radius 3 is 2.49 bits per heavy atom. The molecule has 4 aromatic rings. The van der Waals surface area contributed by atoms with E-state index < -0.39 is 5.82 Å². The van der Waals surface area contributed by atoms with Crippen molar-refractivity contribution in [1.82, 2.24) is 10.3 Å². The normalized spacial score (nSPS) is 13.8. The van der Waals surface area contributed by atoms with Gasteiger partial charge in [-0.2, -0.15) is 0 Å². The summed E-state index contributed by atoms with van der Waals surface area (Å²) in [5, 5.41) is 4.97. The van der Waals surface area contributed by atoms with Crippen LogP contribution in [0.4, 0.5) is 20.3 Å². The molecule has 1 aliphatic rings. The summed E-state index contributed by atoms with van der Waals surface area (Å²) in [6.07, 6.45) is 1.76. The second-order valence-corrected chi connectivity index (χ2v) is 8.82. The first-order valence-corrected chi connectivity index (χ1v) is 11.7. The number of aromatic nitrogens is 1. The summed E-state index contributed by atoms with van der Waals surface area (Å²) in [7, 11) is 0. The highest BCUT2D eigenvalue weighted by Crippen LogP contribution is 2.28. The maximum absolute atomic E-state index is 14.2. The van der Waals surface area contributed by atoms with Crippen LogP contribution in [-0.4, -0.2) is 37.1 Å². The van der Waals surface area contributed by atoms with Crippen LogP contribution in [0.1, 0.15) is 15.9 Å². The Labute approximate surface area is 206 Å². The van der Waals surface area contributed by atoms with Gasteiger partial charge in [0.25, 0.3) is 5.91 Å². The number of rotatable bonds is 5. The Morgan fingerprint density at radius 2 is 1.71 bits per heavy atom. The SMILES string of the molecule is O=C(NCc1ccc(F)cc1Cl)c1ccc2ccnc(N3CCN(c4ccccc4F)CC3)c2c1. The number of nitrogens with zero attached hydrogens (tertiary/aromatic N) is 3. The van der Waals surface area contributed by atoms with E-state index in [1.165, 1.54) is 18.2 Å². The highest BCUT2D eigenvalue weighted by atomic mass is 35.5. The Hall–Kier alpha value is -3.71. The molecule has 8 heteroatoms. The number of piperazine rings is 1. The smallest absolute Gasteiger partial charge is 0.251 e. The van der Waals surface area contributed by atoms with E-state index in [0.29, 0.717) is 43.0 Å². The van der Waals surface area contributed by atoms with Gasteiger partial charge in [0.05, 0.1) is 5.69 Å². The molecule has 1 aliphatic heterocycles. The van der Waals surface area contributed by atoms with Crippen molar-refractivity contribution < 1.29 is 13.6 Å². The number of hydrogen-bond acceptors (Lipinski definition) is 4. The van der Waals surface area contributed by atoms with Gasteiger partial charge in [-0.1, -0.05) is 35.9 Å². The number of benzene rings is 3. The largest absolute Gasteiger partial charge is 0.366 e. The molecule has 0 spiro atoms. The van der Waals surface area contributed by atoms with Gasteiger partial charge in [0.2, 0.25) is 0 Å². The van der Waals surface area contributed by atoms with E-state index >= 15 is 0 Å². The molecule has 178 valence electrons. The van der Waals surface area contributed by atoms with Crippen molar-refractivity contribution in [3.8, 4) is 0 Å². The zero-order valence-electron chi connectivity index (χ0n) is 18.8. The van der Waals surface area contributed by atoms with E-state index in [9.17, 15) is 13.6 Å². The minimum atomic E-state index is -0.422. The standard InChI is InChI=1S/C27H23ClF2N4O/c28-23-16-21(29)8-7-20(23)17-32-27(35)19-6-5-18-9-10-31-26(22(18)15-19)34-13-11-33(12-14-34)25-4-2-1-3-24(25)30/h1-10,15-16H,11-14,17H2,(H,32,35). The monoisotopic (exact) mass is 492 g/mol. The number of carbonyl (C=O) groups is 1. The highest BCUT2D eigenvalue weighted by Gasteiger charge is 2.22. The summed E-state index contributed by atoms with van der Waals surface area (Å²) in [5.74, 6) is -0.102. The third kappa shape index (κ3) is 4.91. The number of pyridine rings is 1. The third-order valence-corrected chi connectivity index (χ3v) is 6.59. The number of hydrogen-bond donors (Lipinski definition) is 1. The first-order chi connectivity index (χ1) is 17.0. The van der Waals surface area contributed by atoms with E-state index in [4.69, 9.17) is 11.6 Å². The Kier molecular flexibility index (Phi) is 6.51. The molecule has 0 aliphatic carbocycles. The molecule has 2 heterocycles. The highest BCUT2D eigenvalue weighted by molar-refractivity contribution is 6.31. The van der Waals surface area contributed by atoms with Crippen molar-refractivity contribution >= 4 is 39.8 Å². The lowest BCUT2D eigenvalue weighted by atomic mass is 10.1. The Balaban J connectivity index is 1.33. The number of para-hydroxylation sites is 1. The lowest BCUT2D eigenvalue weighted by Crippen LogP contribution is -2.47. The molecule has 1 saturated heterocycles. The van der Waals surface area contributed by atoms with Crippen molar-refractivity contribution in [2.45, 2.75) is 6.54 Å². The molecule has 1 amide bonds. The number of amides is 1. The predicted molar refractivity (Wildman–Crippen MR) is 135 cm³/mol. The maximum atomic E-state index is 14.2. The Morgan fingerprint density at radius 1 is 0.943 bits per heavy atom. The zero-order valence-corrected chi connectivity index (χ0v) is 19.6. The summed E-state index contributed by atoms with van der Waals surface area (Å²) in [4.78, 5) is 21.7. The van der Waals surface area contributed by atoms with Crippen molar-refractivity contribution in [2.24, 2.45) is 0 Å². The lowest BCUT2D eigenvalue weighted by molar-refractivity contribution is 0.0951. The van der Waals surface area contributed by atoms with Gasteiger partial charge in [-0.05, 0) is 53.4 Å². The molecule has 0 radical (unpaired) electrons. The molecular weight excluding hydrogens is 470 g/mol. The molecule has 1 aromatic heterocycles. The maximum Gasteiger partial charge on any atom is 0.251 e. The molecule has 5 nitrogen and oxygen atoms in total. The topological polar surface area (TPSA) is 48.5 Å². The van der Waals surface area contributed by atoms with Crippen molar-refractivity contribution in [2.75, 3.05) is 36.0 Å². The molecule has 3 aromatic carbocycles. The van der Waals surface area contributed by atoms with Crippen LogP contribution in [0.25, 0.3) is 10.8 Å². The van der Waals surface area contributed by atoms with E-state index in [-0.39, 0.29) is 23.3 Å². The minimum absolute atomic E-state index is 0.188. The van der Waals surface area contributed by atoms with Crippen LogP contribution in [0.2, 0.25) is 5.02 Å². The van der Waals surface area contributed by atoms with Crippen LogP contribution in [0.5, 0.6) is 0 Å². The van der Waals surface area contributed by atoms with Gasteiger partial charge in [0.15, 0.2) is 0 Å². The third-order valence-electron chi connectivity index (χ3n) is 6.23. The second kappa shape index (κ2) is 9.88. The van der Waals surface area contributed by atoms with E-state index in [0.717, 1.165) is 16.6 Å². The first-order valence-electron chi connectivity index (χ1n) is 11.3. The molecule has 35 heavy (non-hydrogen) atoms. The minimum Gasteiger partial charge on any atom is -0.366 e. The molecule has 0 atom stereocenters. The van der Waals surface area contributed by atoms with Gasteiger partial charge >= 0.3 is 0 Å². The Bertz CT molecular complexity index is 1390. The van der Waals surface area contributed by atoms with Crippen LogP contribution in [0.3, 0.4) is 0 Å². The zero-order chi connectivity index (χ0) is 24.4. The number of carbonyl (C=O) groups excluding carboxylic acids is 1. The summed E-state index contributed by atoms with van der Waals surface area (Å²) in [6, 6.07) is 18.3. The molecule has 0 bridgehead atoms. The average Bonchev–Trinajstić information content (AvgIpc) is 2.88. The molecular formula is C27H23ClF2N4O. The van der Waals surface area contributed by atoms with Crippen molar-refractivity contribution in [1.29, 1.82) is 0 Å². The summed E-state index contributed by atoms with van der Waals surface area (Å²) >= 11 is 6.07. The lowest BCUT2D eigenvalue weighted by Gasteiger charge is -2.37. The quantitative estimate of drug-likeness (QED) is 0.404. The van der Waals surface area contributed by atoms with Gasteiger partial charge in [0, 0.05) is 54.9 Å². The van der Waals surface area contributed by atoms with E-state index in [1.54, 1.807) is 30.5 Å². The van der Waals surface area contributed by atoms with E-state index in [1.807, 2.05) is 29.2 Å². The molecule has 1 fully saturated rings. The molecule has 0 saturated carbocycles. The number of fused-ring (bicyclic) bond motifs is 1. The summed E-state index contributed by atoms with van der Waals surface area (Å²) < 4.78 is 27.5. The number of anilines is 2. The van der Waals surface area contributed by atoms with Crippen LogP contribution in [0, 0.1) is 11.6 Å². The fraction of sp³-hybridized carbons (Fsp3) is 0.185. The van der Waals surface area contributed by atoms with Crippen LogP contribution in [-0.2, 0) is 6.54 Å². The number of nitrogens with one attached hydrogen (secondary N) is 1. The number of halogens is 3. The first kappa shape index (κ1) is 23.1. The van der Waals surface area contributed by atoms with Gasteiger partial charge in [-0.25, -0.2) is 13.8 Å². The van der Waals surface area contributed by atoms with Gasteiger partial charge in [-0.15, -0.1) is 0 Å². The van der Waals surface area contributed by atoms with Crippen LogP contribution >= 0.6 is 11.6 Å². The summed E-state index contributed by atoms with van der Waals surface area (Å²) in [6.45, 7) is 2.88. The van der Waals surface area contributed by atoms with Crippen LogP contribution < -0.4 is 15.1 Å². The summed E-state index contributed by atoms with van der Waals surface area (Å²) in [5.41, 5.74) is 1.74. The predicted octanol–water partition coefficient (Wildman–Crippen LogP) is 5.42. The average molecular weight is 493 g/mol. The molecule has 5 rings (SSSR count). The van der Waals surface area contributed by atoms with Gasteiger partial charge in [0.1, 0.15) is 17.5 Å². The van der Waals surface area contributed by atoms with E-state index in [2.05, 4.69) is 15.2 Å². The van der Waals surface area contributed by atoms with Crippen molar-refractivity contribution in [3.05, 3.63) is 101 Å². The fourth-order valence-electron chi connectivity index (χ4n) is 4.36. The van der Waals surface area contributed by atoms with Gasteiger partial charge < -0.3 is 15.1 Å². The van der Waals surface area contributed by atoms with Crippen LogP contribution in [0.15, 0.2) is 72.9 Å².